The Morgan fingerprint density at radius 3 is 2.53 bits per heavy atom. The standard InChI is InChI=1S/C12H16ClNO/c1-2-3-8-14-12(15)11-6-4-10(9-13)5-7-11/h4-7H,2-3,8-9H2,1H3,(H,14,15). The Labute approximate surface area is 95.6 Å². The molecule has 1 aromatic carbocycles. The first-order valence-corrected chi connectivity index (χ1v) is 5.74. The van der Waals surface area contributed by atoms with Crippen LogP contribution in [0.15, 0.2) is 24.3 Å². The smallest absolute Gasteiger partial charge is 0.251 e. The van der Waals surface area contributed by atoms with Gasteiger partial charge < -0.3 is 5.32 Å². The third-order valence-electron chi connectivity index (χ3n) is 2.19. The van der Waals surface area contributed by atoms with Crippen LogP contribution in [0.1, 0.15) is 35.7 Å². The molecule has 0 aliphatic rings. The quantitative estimate of drug-likeness (QED) is 0.606. The summed E-state index contributed by atoms with van der Waals surface area (Å²) < 4.78 is 0. The van der Waals surface area contributed by atoms with Gasteiger partial charge in [-0.25, -0.2) is 0 Å². The van der Waals surface area contributed by atoms with E-state index in [0.717, 1.165) is 24.9 Å². The lowest BCUT2D eigenvalue weighted by atomic mass is 10.1. The Balaban J connectivity index is 2.50. The van der Waals surface area contributed by atoms with Crippen molar-refractivity contribution >= 4 is 17.5 Å². The van der Waals surface area contributed by atoms with Gasteiger partial charge >= 0.3 is 0 Å². The molecule has 0 aliphatic carbocycles. The molecule has 1 amide bonds. The second kappa shape index (κ2) is 6.46. The molecular formula is C12H16ClNO. The second-order valence-corrected chi connectivity index (χ2v) is 3.71. The van der Waals surface area contributed by atoms with E-state index in [1.165, 1.54) is 0 Å². The number of amides is 1. The minimum atomic E-state index is -0.00966. The molecule has 0 aromatic heterocycles. The second-order valence-electron chi connectivity index (χ2n) is 3.44. The van der Waals surface area contributed by atoms with Gasteiger partial charge in [0.2, 0.25) is 0 Å². The monoisotopic (exact) mass is 225 g/mol. The first kappa shape index (κ1) is 12.1. The van der Waals surface area contributed by atoms with Crippen molar-refractivity contribution in [2.24, 2.45) is 0 Å². The average molecular weight is 226 g/mol. The van der Waals surface area contributed by atoms with Crippen molar-refractivity contribution in [2.75, 3.05) is 6.54 Å². The van der Waals surface area contributed by atoms with Gasteiger partial charge in [0, 0.05) is 18.0 Å². The number of alkyl halides is 1. The molecule has 0 unspecified atom stereocenters. The fraction of sp³-hybridized carbons (Fsp3) is 0.417. The van der Waals surface area contributed by atoms with E-state index in [4.69, 9.17) is 11.6 Å². The average Bonchev–Trinajstić information content (AvgIpc) is 2.29. The number of carbonyl (C=O) groups is 1. The number of carbonyl (C=O) groups excluding carboxylic acids is 1. The zero-order valence-electron chi connectivity index (χ0n) is 8.92. The van der Waals surface area contributed by atoms with Crippen LogP contribution in [-0.2, 0) is 5.88 Å². The van der Waals surface area contributed by atoms with Crippen LogP contribution in [0.3, 0.4) is 0 Å². The molecule has 0 spiro atoms. The van der Waals surface area contributed by atoms with Gasteiger partial charge in [0.1, 0.15) is 0 Å². The summed E-state index contributed by atoms with van der Waals surface area (Å²) in [5.41, 5.74) is 1.72. The minimum Gasteiger partial charge on any atom is -0.352 e. The Morgan fingerprint density at radius 1 is 1.33 bits per heavy atom. The summed E-state index contributed by atoms with van der Waals surface area (Å²) >= 11 is 5.66. The van der Waals surface area contributed by atoms with Crippen molar-refractivity contribution in [3.63, 3.8) is 0 Å². The molecule has 0 atom stereocenters. The van der Waals surface area contributed by atoms with E-state index in [2.05, 4.69) is 12.2 Å². The summed E-state index contributed by atoms with van der Waals surface area (Å²) in [6.07, 6.45) is 2.11. The number of rotatable bonds is 5. The lowest BCUT2D eigenvalue weighted by Gasteiger charge is -2.04. The lowest BCUT2D eigenvalue weighted by Crippen LogP contribution is -2.24. The highest BCUT2D eigenvalue weighted by Crippen LogP contribution is 2.06. The van der Waals surface area contributed by atoms with Gasteiger partial charge in [0.15, 0.2) is 0 Å². The SMILES string of the molecule is CCCCNC(=O)c1ccc(CCl)cc1. The van der Waals surface area contributed by atoms with Crippen molar-refractivity contribution < 1.29 is 4.79 Å². The van der Waals surface area contributed by atoms with Gasteiger partial charge in [-0.3, -0.25) is 4.79 Å². The van der Waals surface area contributed by atoms with Gasteiger partial charge in [-0.1, -0.05) is 25.5 Å². The van der Waals surface area contributed by atoms with Crippen LogP contribution in [0, 0.1) is 0 Å². The topological polar surface area (TPSA) is 29.1 Å². The molecule has 0 fully saturated rings. The van der Waals surface area contributed by atoms with Crippen molar-refractivity contribution in [3.8, 4) is 0 Å². The van der Waals surface area contributed by atoms with E-state index in [9.17, 15) is 4.79 Å². The molecule has 1 rings (SSSR count). The molecule has 1 N–H and O–H groups in total. The highest BCUT2D eigenvalue weighted by atomic mass is 35.5. The van der Waals surface area contributed by atoms with Crippen LogP contribution < -0.4 is 5.32 Å². The highest BCUT2D eigenvalue weighted by molar-refractivity contribution is 6.17. The van der Waals surface area contributed by atoms with Gasteiger partial charge in [0.05, 0.1) is 0 Å². The van der Waals surface area contributed by atoms with Crippen LogP contribution in [0.25, 0.3) is 0 Å². The third-order valence-corrected chi connectivity index (χ3v) is 2.49. The maximum atomic E-state index is 11.6. The lowest BCUT2D eigenvalue weighted by molar-refractivity contribution is 0.0953. The molecule has 3 heteroatoms. The normalized spacial score (nSPS) is 10.0. The summed E-state index contributed by atoms with van der Waals surface area (Å²) in [5, 5.41) is 2.87. The van der Waals surface area contributed by atoms with E-state index in [-0.39, 0.29) is 5.91 Å². The molecule has 0 bridgehead atoms. The van der Waals surface area contributed by atoms with Crippen molar-refractivity contribution in [1.82, 2.24) is 5.32 Å². The van der Waals surface area contributed by atoms with E-state index in [0.29, 0.717) is 11.4 Å². The molecule has 0 aliphatic heterocycles. The Kier molecular flexibility index (Phi) is 5.19. The molecule has 1 aromatic rings. The number of hydrogen-bond donors (Lipinski definition) is 1. The summed E-state index contributed by atoms with van der Waals surface area (Å²) in [5.74, 6) is 0.474. The summed E-state index contributed by atoms with van der Waals surface area (Å²) in [7, 11) is 0. The zero-order chi connectivity index (χ0) is 11.1. The molecule has 0 heterocycles. The predicted molar refractivity (Wildman–Crippen MR) is 63.2 cm³/mol. The minimum absolute atomic E-state index is 0.00966. The number of unbranched alkanes of at least 4 members (excludes halogenated alkanes) is 1. The number of hydrogen-bond acceptors (Lipinski definition) is 1. The maximum absolute atomic E-state index is 11.6. The van der Waals surface area contributed by atoms with Crippen molar-refractivity contribution in [2.45, 2.75) is 25.6 Å². The third kappa shape index (κ3) is 3.92. The maximum Gasteiger partial charge on any atom is 0.251 e. The Morgan fingerprint density at radius 2 is 2.00 bits per heavy atom. The number of nitrogens with one attached hydrogen (secondary N) is 1. The zero-order valence-corrected chi connectivity index (χ0v) is 9.68. The van der Waals surface area contributed by atoms with Crippen LogP contribution in [-0.4, -0.2) is 12.5 Å². The van der Waals surface area contributed by atoms with E-state index < -0.39 is 0 Å². The van der Waals surface area contributed by atoms with Gasteiger partial charge in [-0.15, -0.1) is 11.6 Å². The van der Waals surface area contributed by atoms with E-state index in [1.54, 1.807) is 12.1 Å². The largest absolute Gasteiger partial charge is 0.352 e. The van der Waals surface area contributed by atoms with E-state index >= 15 is 0 Å². The van der Waals surface area contributed by atoms with Crippen LogP contribution >= 0.6 is 11.6 Å². The molecular weight excluding hydrogens is 210 g/mol. The van der Waals surface area contributed by atoms with Crippen LogP contribution in [0.4, 0.5) is 0 Å². The fourth-order valence-electron chi connectivity index (χ4n) is 1.23. The van der Waals surface area contributed by atoms with E-state index in [1.807, 2.05) is 12.1 Å². The first-order valence-electron chi connectivity index (χ1n) is 5.21. The Bertz CT molecular complexity index is 308. The predicted octanol–water partition coefficient (Wildman–Crippen LogP) is 2.96. The van der Waals surface area contributed by atoms with Crippen LogP contribution in [0.2, 0.25) is 0 Å². The molecule has 0 radical (unpaired) electrons. The van der Waals surface area contributed by atoms with Crippen molar-refractivity contribution in [3.05, 3.63) is 35.4 Å². The van der Waals surface area contributed by atoms with Gasteiger partial charge in [-0.2, -0.15) is 0 Å². The van der Waals surface area contributed by atoms with Crippen LogP contribution in [0.5, 0.6) is 0 Å². The molecule has 0 saturated heterocycles. The fourth-order valence-corrected chi connectivity index (χ4v) is 1.40. The summed E-state index contributed by atoms with van der Waals surface area (Å²) in [6.45, 7) is 2.84. The summed E-state index contributed by atoms with van der Waals surface area (Å²) in [6, 6.07) is 7.36. The van der Waals surface area contributed by atoms with Gasteiger partial charge in [0.25, 0.3) is 5.91 Å². The van der Waals surface area contributed by atoms with Gasteiger partial charge in [-0.05, 0) is 24.1 Å². The molecule has 15 heavy (non-hydrogen) atoms. The number of halogens is 1. The first-order chi connectivity index (χ1) is 7.27. The molecule has 2 nitrogen and oxygen atoms in total. The summed E-state index contributed by atoms with van der Waals surface area (Å²) in [4.78, 5) is 11.6. The molecule has 82 valence electrons. The highest BCUT2D eigenvalue weighted by Gasteiger charge is 2.03. The number of benzene rings is 1. The van der Waals surface area contributed by atoms with Crippen molar-refractivity contribution in [1.29, 1.82) is 0 Å². The Hall–Kier alpha value is -1.02. The molecule has 0 saturated carbocycles.